The molecule has 0 aliphatic carbocycles. The van der Waals surface area contributed by atoms with Crippen LogP contribution in [-0.4, -0.2) is 23.7 Å². The minimum absolute atomic E-state index is 0.0352. The quantitative estimate of drug-likeness (QED) is 0.665. The lowest BCUT2D eigenvalue weighted by molar-refractivity contribution is 0.528. The van der Waals surface area contributed by atoms with Gasteiger partial charge in [-0.25, -0.2) is 4.79 Å². The van der Waals surface area contributed by atoms with E-state index in [1.165, 1.54) is 4.57 Å². The number of hydrogen-bond acceptors (Lipinski definition) is 5. The van der Waals surface area contributed by atoms with E-state index in [2.05, 4.69) is 5.32 Å². The fraction of sp³-hybridized carbons (Fsp3) is 0.417. The van der Waals surface area contributed by atoms with E-state index in [1.54, 1.807) is 13.1 Å². The van der Waals surface area contributed by atoms with Gasteiger partial charge in [0.1, 0.15) is 0 Å². The number of aryl methyl sites for hydroxylation is 1. The Hall–Kier alpha value is -1.63. The van der Waals surface area contributed by atoms with E-state index in [0.717, 1.165) is 11.1 Å². The van der Waals surface area contributed by atoms with Gasteiger partial charge in [-0.2, -0.15) is 0 Å². The molecule has 0 aliphatic rings. The Morgan fingerprint density at radius 3 is 3.00 bits per heavy atom. The van der Waals surface area contributed by atoms with Crippen LogP contribution >= 0.6 is 0 Å². The average molecular weight is 250 g/mol. The smallest absolute Gasteiger partial charge is 0.408 e. The Kier molecular flexibility index (Phi) is 3.81. The molecular weight excluding hydrogens is 232 g/mol. The van der Waals surface area contributed by atoms with Gasteiger partial charge in [-0.15, -0.1) is 0 Å². The number of nitrogens with two attached hydrogens (primary N) is 2. The number of rotatable bonds is 5. The molecule has 0 saturated carbocycles. The first kappa shape index (κ1) is 12.8. The van der Waals surface area contributed by atoms with Crippen LogP contribution in [0.15, 0.2) is 27.4 Å². The van der Waals surface area contributed by atoms with Gasteiger partial charge < -0.3 is 21.2 Å². The molecule has 0 spiro atoms. The van der Waals surface area contributed by atoms with E-state index in [0.29, 0.717) is 25.2 Å². The second-order valence-electron chi connectivity index (χ2n) is 4.36. The first-order chi connectivity index (χ1) is 8.61. The van der Waals surface area contributed by atoms with Gasteiger partial charge in [0, 0.05) is 32.7 Å². The Morgan fingerprint density at radius 2 is 2.28 bits per heavy atom. The zero-order valence-corrected chi connectivity index (χ0v) is 10.3. The van der Waals surface area contributed by atoms with Crippen molar-refractivity contribution in [2.75, 3.05) is 13.1 Å². The lowest BCUT2D eigenvalue weighted by atomic mass is 10.2. The van der Waals surface area contributed by atoms with Crippen LogP contribution in [0.1, 0.15) is 5.56 Å². The van der Waals surface area contributed by atoms with Crippen LogP contribution in [0.5, 0.6) is 0 Å². The minimum atomic E-state index is -0.347. The van der Waals surface area contributed by atoms with Gasteiger partial charge >= 0.3 is 5.76 Å². The first-order valence-corrected chi connectivity index (χ1v) is 5.86. The highest BCUT2D eigenvalue weighted by Crippen LogP contribution is 2.13. The second kappa shape index (κ2) is 5.34. The molecule has 2 rings (SSSR count). The molecule has 0 bridgehead atoms. The van der Waals surface area contributed by atoms with E-state index in [1.807, 2.05) is 12.1 Å². The predicted octanol–water partition coefficient (Wildman–Crippen LogP) is -0.493. The van der Waals surface area contributed by atoms with Crippen molar-refractivity contribution in [1.29, 1.82) is 0 Å². The average Bonchev–Trinajstić information content (AvgIpc) is 2.65. The van der Waals surface area contributed by atoms with Crippen molar-refractivity contribution >= 4 is 11.1 Å². The molecule has 0 amide bonds. The molecule has 1 aromatic carbocycles. The molecule has 1 aromatic heterocycles. The monoisotopic (exact) mass is 250 g/mol. The molecule has 6 heteroatoms. The number of aromatic nitrogens is 1. The van der Waals surface area contributed by atoms with Gasteiger partial charge in [0.25, 0.3) is 0 Å². The van der Waals surface area contributed by atoms with Crippen molar-refractivity contribution in [3.63, 3.8) is 0 Å². The van der Waals surface area contributed by atoms with Crippen molar-refractivity contribution < 1.29 is 4.42 Å². The molecule has 5 N–H and O–H groups in total. The molecular formula is C12H18N4O2. The fourth-order valence-electron chi connectivity index (χ4n) is 1.77. The molecule has 1 heterocycles. The molecule has 0 saturated heterocycles. The summed E-state index contributed by atoms with van der Waals surface area (Å²) in [5.41, 5.74) is 13.6. The summed E-state index contributed by atoms with van der Waals surface area (Å²) in [7, 11) is 1.69. The van der Waals surface area contributed by atoms with Crippen LogP contribution < -0.4 is 22.5 Å². The number of benzene rings is 1. The van der Waals surface area contributed by atoms with E-state index in [-0.39, 0.29) is 11.8 Å². The van der Waals surface area contributed by atoms with E-state index < -0.39 is 0 Å². The van der Waals surface area contributed by atoms with Crippen LogP contribution in [-0.2, 0) is 13.6 Å². The number of oxazole rings is 1. The number of nitrogens with zero attached hydrogens (tertiary/aromatic N) is 1. The maximum absolute atomic E-state index is 11.3. The van der Waals surface area contributed by atoms with E-state index in [4.69, 9.17) is 15.9 Å². The fourth-order valence-corrected chi connectivity index (χ4v) is 1.77. The maximum Gasteiger partial charge on any atom is 0.419 e. The third-order valence-electron chi connectivity index (χ3n) is 2.89. The Bertz CT molecular complexity index is 587. The first-order valence-electron chi connectivity index (χ1n) is 5.86. The van der Waals surface area contributed by atoms with Gasteiger partial charge in [0.05, 0.1) is 5.52 Å². The van der Waals surface area contributed by atoms with Gasteiger partial charge in [0.2, 0.25) is 0 Å². The van der Waals surface area contributed by atoms with Crippen LogP contribution in [0, 0.1) is 0 Å². The van der Waals surface area contributed by atoms with Gasteiger partial charge in [-0.1, -0.05) is 6.07 Å². The van der Waals surface area contributed by atoms with Crippen molar-refractivity contribution in [3.8, 4) is 0 Å². The van der Waals surface area contributed by atoms with Gasteiger partial charge in [-0.05, 0) is 17.7 Å². The van der Waals surface area contributed by atoms with Crippen LogP contribution in [0.3, 0.4) is 0 Å². The highest BCUT2D eigenvalue weighted by atomic mass is 16.4. The highest BCUT2D eigenvalue weighted by molar-refractivity contribution is 5.73. The van der Waals surface area contributed by atoms with Crippen LogP contribution in [0.4, 0.5) is 0 Å². The summed E-state index contributed by atoms with van der Waals surface area (Å²) in [6, 6.07) is 5.62. The van der Waals surface area contributed by atoms with Gasteiger partial charge in [0.15, 0.2) is 5.58 Å². The van der Waals surface area contributed by atoms with Crippen molar-refractivity contribution in [2.24, 2.45) is 18.5 Å². The third kappa shape index (κ3) is 2.61. The predicted molar refractivity (Wildman–Crippen MR) is 70.2 cm³/mol. The minimum Gasteiger partial charge on any atom is -0.408 e. The lowest BCUT2D eigenvalue weighted by Crippen LogP contribution is -2.39. The summed E-state index contributed by atoms with van der Waals surface area (Å²) >= 11 is 0. The van der Waals surface area contributed by atoms with Crippen LogP contribution in [0.2, 0.25) is 0 Å². The second-order valence-corrected chi connectivity index (χ2v) is 4.36. The summed E-state index contributed by atoms with van der Waals surface area (Å²) in [6.45, 7) is 1.81. The van der Waals surface area contributed by atoms with E-state index in [9.17, 15) is 4.79 Å². The number of nitrogens with one attached hydrogen (secondary N) is 1. The third-order valence-corrected chi connectivity index (χ3v) is 2.89. The molecule has 2 aromatic rings. The summed E-state index contributed by atoms with van der Waals surface area (Å²) < 4.78 is 6.55. The molecule has 98 valence electrons. The molecule has 0 radical (unpaired) electrons. The molecule has 6 nitrogen and oxygen atoms in total. The van der Waals surface area contributed by atoms with Crippen molar-refractivity contribution in [3.05, 3.63) is 34.3 Å². The number of fused-ring (bicyclic) bond motifs is 1. The topological polar surface area (TPSA) is 99.2 Å². The lowest BCUT2D eigenvalue weighted by Gasteiger charge is -2.10. The molecule has 1 unspecified atom stereocenters. The van der Waals surface area contributed by atoms with E-state index >= 15 is 0 Å². The normalized spacial score (nSPS) is 13.1. The van der Waals surface area contributed by atoms with Crippen molar-refractivity contribution in [2.45, 2.75) is 12.6 Å². The zero-order valence-electron chi connectivity index (χ0n) is 10.3. The summed E-state index contributed by atoms with van der Waals surface area (Å²) in [5.74, 6) is -0.347. The molecule has 18 heavy (non-hydrogen) atoms. The number of hydrogen-bond donors (Lipinski definition) is 3. The molecule has 0 fully saturated rings. The van der Waals surface area contributed by atoms with Gasteiger partial charge in [-0.3, -0.25) is 4.57 Å². The van der Waals surface area contributed by atoms with Crippen LogP contribution in [0.25, 0.3) is 11.1 Å². The summed E-state index contributed by atoms with van der Waals surface area (Å²) in [6.07, 6.45) is 0. The molecule has 1 atom stereocenters. The van der Waals surface area contributed by atoms with Crippen molar-refractivity contribution in [1.82, 2.24) is 9.88 Å². The largest absolute Gasteiger partial charge is 0.419 e. The highest BCUT2D eigenvalue weighted by Gasteiger charge is 2.06. The standard InChI is InChI=1S/C12H18N4O2/c1-16-10-4-8(6-15-7-9(14)5-13)2-3-11(10)18-12(16)17/h2-4,9,15H,5-7,13-14H2,1H3. The Morgan fingerprint density at radius 1 is 1.50 bits per heavy atom. The zero-order chi connectivity index (χ0) is 13.1. The summed E-state index contributed by atoms with van der Waals surface area (Å²) in [5, 5.41) is 3.22. The Labute approximate surface area is 105 Å². The maximum atomic E-state index is 11.3. The SMILES string of the molecule is Cn1c(=O)oc2ccc(CNCC(N)CN)cc21. The summed E-state index contributed by atoms with van der Waals surface area (Å²) in [4.78, 5) is 11.3. The molecule has 0 aliphatic heterocycles. The Balaban J connectivity index is 2.10.